The van der Waals surface area contributed by atoms with Gasteiger partial charge in [-0.1, -0.05) is 57.8 Å². The molecule has 0 aromatic carbocycles. The Hall–Kier alpha value is -0.0800. The normalized spacial score (nSPS) is 24.6. The molecular formula is C22H44N2. The predicted molar refractivity (Wildman–Crippen MR) is 107 cm³/mol. The van der Waals surface area contributed by atoms with Crippen molar-refractivity contribution in [1.82, 2.24) is 10.2 Å². The van der Waals surface area contributed by atoms with Gasteiger partial charge < -0.3 is 10.2 Å². The first-order valence-corrected chi connectivity index (χ1v) is 11.1. The molecular weight excluding hydrogens is 292 g/mol. The van der Waals surface area contributed by atoms with E-state index in [2.05, 4.69) is 24.3 Å². The number of hydrogen-bond donors (Lipinski definition) is 1. The average Bonchev–Trinajstić information content (AvgIpc) is 2.65. The van der Waals surface area contributed by atoms with E-state index < -0.39 is 0 Å². The van der Waals surface area contributed by atoms with Crippen LogP contribution in [-0.4, -0.2) is 38.1 Å². The zero-order valence-electron chi connectivity index (χ0n) is 16.7. The summed E-state index contributed by atoms with van der Waals surface area (Å²) < 4.78 is 0. The monoisotopic (exact) mass is 336 g/mol. The quantitative estimate of drug-likeness (QED) is 0.701. The fraction of sp³-hybridized carbons (Fsp3) is 1.00. The van der Waals surface area contributed by atoms with E-state index in [0.717, 1.165) is 17.9 Å². The number of nitrogens with zero attached hydrogens (tertiary/aromatic N) is 1. The van der Waals surface area contributed by atoms with Crippen LogP contribution in [0.5, 0.6) is 0 Å². The lowest BCUT2D eigenvalue weighted by molar-refractivity contribution is 0.229. The van der Waals surface area contributed by atoms with Gasteiger partial charge in [0.15, 0.2) is 0 Å². The van der Waals surface area contributed by atoms with Crippen molar-refractivity contribution < 1.29 is 0 Å². The summed E-state index contributed by atoms with van der Waals surface area (Å²) in [5, 5.41) is 3.72. The Balaban J connectivity index is 0.000000198. The molecule has 0 aliphatic heterocycles. The molecule has 0 aromatic rings. The van der Waals surface area contributed by atoms with Crippen LogP contribution in [0, 0.1) is 11.8 Å². The minimum absolute atomic E-state index is 0.888. The van der Waals surface area contributed by atoms with Gasteiger partial charge in [0, 0.05) is 6.04 Å². The van der Waals surface area contributed by atoms with E-state index in [1.54, 1.807) is 0 Å². The zero-order chi connectivity index (χ0) is 17.0. The van der Waals surface area contributed by atoms with Crippen molar-refractivity contribution in [2.24, 2.45) is 11.8 Å². The average molecular weight is 337 g/mol. The van der Waals surface area contributed by atoms with Gasteiger partial charge >= 0.3 is 0 Å². The maximum absolute atomic E-state index is 3.72. The van der Waals surface area contributed by atoms with Gasteiger partial charge in [-0.25, -0.2) is 0 Å². The Morgan fingerprint density at radius 2 is 0.958 bits per heavy atom. The molecule has 3 fully saturated rings. The lowest BCUT2D eigenvalue weighted by atomic mass is 9.87. The highest BCUT2D eigenvalue weighted by Gasteiger charge is 2.16. The van der Waals surface area contributed by atoms with Crippen LogP contribution in [0.3, 0.4) is 0 Å². The van der Waals surface area contributed by atoms with Crippen molar-refractivity contribution >= 4 is 0 Å². The topological polar surface area (TPSA) is 15.3 Å². The van der Waals surface area contributed by atoms with Gasteiger partial charge in [-0.2, -0.15) is 0 Å². The summed E-state index contributed by atoms with van der Waals surface area (Å²) in [7, 11) is 4.38. The molecule has 0 spiro atoms. The Morgan fingerprint density at radius 3 is 1.29 bits per heavy atom. The highest BCUT2D eigenvalue weighted by molar-refractivity contribution is 4.72. The van der Waals surface area contributed by atoms with Crippen LogP contribution in [0.2, 0.25) is 0 Å². The Kier molecular flexibility index (Phi) is 10.4. The molecule has 0 aromatic heterocycles. The fourth-order valence-electron chi connectivity index (χ4n) is 4.87. The van der Waals surface area contributed by atoms with Gasteiger partial charge in [-0.3, -0.25) is 0 Å². The summed E-state index contributed by atoms with van der Waals surface area (Å²) in [6.07, 6.45) is 22.0. The van der Waals surface area contributed by atoms with Crippen molar-refractivity contribution in [3.8, 4) is 0 Å². The summed E-state index contributed by atoms with van der Waals surface area (Å²) in [6.45, 7) is 2.60. The third-order valence-corrected chi connectivity index (χ3v) is 6.62. The van der Waals surface area contributed by atoms with Gasteiger partial charge in [0.1, 0.15) is 0 Å². The van der Waals surface area contributed by atoms with E-state index in [4.69, 9.17) is 0 Å². The molecule has 0 heterocycles. The molecule has 142 valence electrons. The fourth-order valence-corrected chi connectivity index (χ4v) is 4.87. The first kappa shape index (κ1) is 20.2. The first-order chi connectivity index (χ1) is 11.8. The second-order valence-electron chi connectivity index (χ2n) is 8.92. The molecule has 24 heavy (non-hydrogen) atoms. The standard InChI is InChI=1S/C14H27N.C8H17N/c1-3-7-13(8-4-1)11-15-12-14-9-5-2-6-10-14;1-9(2)8-6-4-3-5-7-8/h13-15H,1-12H2;8H,3-7H2,1-2H3. The van der Waals surface area contributed by atoms with Crippen molar-refractivity contribution in [1.29, 1.82) is 0 Å². The summed E-state index contributed by atoms with van der Waals surface area (Å²) in [5.74, 6) is 2.00. The third-order valence-electron chi connectivity index (χ3n) is 6.62. The van der Waals surface area contributed by atoms with E-state index in [1.807, 2.05) is 0 Å². The van der Waals surface area contributed by atoms with Crippen molar-refractivity contribution in [3.63, 3.8) is 0 Å². The van der Waals surface area contributed by atoms with Crippen LogP contribution in [0.1, 0.15) is 96.3 Å². The Bertz CT molecular complexity index is 266. The summed E-state index contributed by atoms with van der Waals surface area (Å²) in [4.78, 5) is 2.36. The third kappa shape index (κ3) is 8.34. The van der Waals surface area contributed by atoms with Crippen LogP contribution in [0.4, 0.5) is 0 Å². The van der Waals surface area contributed by atoms with Gasteiger partial charge in [-0.15, -0.1) is 0 Å². The molecule has 0 bridgehead atoms. The second-order valence-corrected chi connectivity index (χ2v) is 8.92. The molecule has 2 heteroatoms. The van der Waals surface area contributed by atoms with Crippen LogP contribution >= 0.6 is 0 Å². The number of nitrogens with one attached hydrogen (secondary N) is 1. The minimum Gasteiger partial charge on any atom is -0.316 e. The molecule has 0 radical (unpaired) electrons. The molecule has 3 aliphatic carbocycles. The number of rotatable bonds is 5. The summed E-state index contributed by atoms with van der Waals surface area (Å²) >= 11 is 0. The summed E-state index contributed by atoms with van der Waals surface area (Å²) in [5.41, 5.74) is 0. The van der Waals surface area contributed by atoms with Gasteiger partial charge in [0.25, 0.3) is 0 Å². The molecule has 0 saturated heterocycles. The molecule has 2 nitrogen and oxygen atoms in total. The molecule has 3 rings (SSSR count). The number of hydrogen-bond acceptors (Lipinski definition) is 2. The Morgan fingerprint density at radius 1 is 0.583 bits per heavy atom. The molecule has 1 N–H and O–H groups in total. The van der Waals surface area contributed by atoms with Crippen LogP contribution in [-0.2, 0) is 0 Å². The van der Waals surface area contributed by atoms with E-state index in [-0.39, 0.29) is 0 Å². The van der Waals surface area contributed by atoms with Crippen molar-refractivity contribution in [2.75, 3.05) is 27.2 Å². The summed E-state index contributed by atoms with van der Waals surface area (Å²) in [6, 6.07) is 0.888. The van der Waals surface area contributed by atoms with Crippen LogP contribution in [0.25, 0.3) is 0 Å². The van der Waals surface area contributed by atoms with Crippen molar-refractivity contribution in [2.45, 2.75) is 102 Å². The highest BCUT2D eigenvalue weighted by atomic mass is 15.1. The second kappa shape index (κ2) is 12.3. The van der Waals surface area contributed by atoms with E-state index in [9.17, 15) is 0 Å². The van der Waals surface area contributed by atoms with Crippen LogP contribution in [0.15, 0.2) is 0 Å². The minimum atomic E-state index is 0.888. The zero-order valence-corrected chi connectivity index (χ0v) is 16.7. The molecule has 3 saturated carbocycles. The predicted octanol–water partition coefficient (Wildman–Crippen LogP) is 5.62. The van der Waals surface area contributed by atoms with E-state index >= 15 is 0 Å². The molecule has 0 amide bonds. The first-order valence-electron chi connectivity index (χ1n) is 11.1. The Labute approximate surface area is 152 Å². The lowest BCUT2D eigenvalue weighted by Crippen LogP contribution is -2.30. The smallest absolute Gasteiger partial charge is 0.00891 e. The molecule has 3 aliphatic rings. The van der Waals surface area contributed by atoms with E-state index in [0.29, 0.717) is 0 Å². The van der Waals surface area contributed by atoms with Crippen molar-refractivity contribution in [3.05, 3.63) is 0 Å². The van der Waals surface area contributed by atoms with Gasteiger partial charge in [0.05, 0.1) is 0 Å². The lowest BCUT2D eigenvalue weighted by Gasteiger charge is -2.27. The maximum atomic E-state index is 3.72. The van der Waals surface area contributed by atoms with E-state index in [1.165, 1.54) is 109 Å². The molecule has 0 unspecified atom stereocenters. The molecule has 0 atom stereocenters. The highest BCUT2D eigenvalue weighted by Crippen LogP contribution is 2.25. The van der Waals surface area contributed by atoms with Gasteiger partial charge in [-0.05, 0) is 77.5 Å². The maximum Gasteiger partial charge on any atom is 0.00891 e. The van der Waals surface area contributed by atoms with Crippen LogP contribution < -0.4 is 5.32 Å². The van der Waals surface area contributed by atoms with Gasteiger partial charge in [0.2, 0.25) is 0 Å². The SMILES string of the molecule is C1CCC(CNCC2CCCCC2)CC1.CN(C)C1CCCCC1. The largest absolute Gasteiger partial charge is 0.316 e.